The first-order valence-electron chi connectivity index (χ1n) is 5.17. The molecule has 0 aliphatic rings. The zero-order valence-corrected chi connectivity index (χ0v) is 11.9. The van der Waals surface area contributed by atoms with Crippen molar-refractivity contribution in [3.63, 3.8) is 0 Å². The van der Waals surface area contributed by atoms with E-state index in [2.05, 4.69) is 20.9 Å². The molecule has 0 bridgehead atoms. The van der Waals surface area contributed by atoms with Crippen molar-refractivity contribution in [3.05, 3.63) is 27.7 Å². The minimum atomic E-state index is -0.794. The summed E-state index contributed by atoms with van der Waals surface area (Å²) < 4.78 is 2.07. The SMILES string of the molecule is CC(C)(Cc1nc2cc(Br)ccc2s1)C(=O)O. The van der Waals surface area contributed by atoms with Crippen LogP contribution in [0.1, 0.15) is 18.9 Å². The fourth-order valence-corrected chi connectivity index (χ4v) is 3.00. The number of hydrogen-bond donors (Lipinski definition) is 1. The van der Waals surface area contributed by atoms with E-state index in [1.165, 1.54) is 0 Å². The first kappa shape index (κ1) is 12.5. The van der Waals surface area contributed by atoms with E-state index in [4.69, 9.17) is 5.11 Å². The van der Waals surface area contributed by atoms with Crippen LogP contribution in [0.2, 0.25) is 0 Å². The molecule has 0 spiro atoms. The summed E-state index contributed by atoms with van der Waals surface area (Å²) in [5, 5.41) is 9.96. The molecule has 1 N–H and O–H groups in total. The molecule has 1 heterocycles. The highest BCUT2D eigenvalue weighted by molar-refractivity contribution is 9.10. The van der Waals surface area contributed by atoms with Gasteiger partial charge in [0.25, 0.3) is 0 Å². The van der Waals surface area contributed by atoms with Gasteiger partial charge in [0.15, 0.2) is 0 Å². The highest BCUT2D eigenvalue weighted by Crippen LogP contribution is 2.29. The standard InChI is InChI=1S/C12H12BrNO2S/c1-12(2,11(15)16)6-10-14-8-5-7(13)3-4-9(8)17-10/h3-5H,6H2,1-2H3,(H,15,16). The molecule has 0 atom stereocenters. The van der Waals surface area contributed by atoms with Crippen molar-refractivity contribution >= 4 is 43.5 Å². The van der Waals surface area contributed by atoms with Crippen molar-refractivity contribution in [1.29, 1.82) is 0 Å². The zero-order valence-electron chi connectivity index (χ0n) is 9.53. The first-order chi connectivity index (χ1) is 7.88. The van der Waals surface area contributed by atoms with E-state index in [1.54, 1.807) is 25.2 Å². The molecule has 2 aromatic rings. The molecule has 2 rings (SSSR count). The Labute approximate surface area is 112 Å². The van der Waals surface area contributed by atoms with E-state index in [-0.39, 0.29) is 0 Å². The topological polar surface area (TPSA) is 50.2 Å². The highest BCUT2D eigenvalue weighted by Gasteiger charge is 2.28. The predicted octanol–water partition coefficient (Wildman–Crippen LogP) is 3.71. The zero-order chi connectivity index (χ0) is 12.6. The second-order valence-corrected chi connectivity index (χ2v) is 6.62. The molecule has 0 saturated carbocycles. The Hall–Kier alpha value is -0.940. The lowest BCUT2D eigenvalue weighted by Gasteiger charge is -2.16. The summed E-state index contributed by atoms with van der Waals surface area (Å²) in [6.45, 7) is 3.44. The Balaban J connectivity index is 2.34. The molecule has 0 aliphatic carbocycles. The lowest BCUT2D eigenvalue weighted by molar-refractivity contribution is -0.146. The third-order valence-electron chi connectivity index (χ3n) is 2.57. The first-order valence-corrected chi connectivity index (χ1v) is 6.78. The molecule has 0 amide bonds. The van der Waals surface area contributed by atoms with Crippen LogP contribution in [0.4, 0.5) is 0 Å². The van der Waals surface area contributed by atoms with E-state index >= 15 is 0 Å². The van der Waals surface area contributed by atoms with Crippen LogP contribution >= 0.6 is 27.3 Å². The number of fused-ring (bicyclic) bond motifs is 1. The number of aromatic nitrogens is 1. The lowest BCUT2D eigenvalue weighted by atomic mass is 9.90. The number of carboxylic acid groups (broad SMARTS) is 1. The smallest absolute Gasteiger partial charge is 0.309 e. The normalized spacial score (nSPS) is 11.9. The van der Waals surface area contributed by atoms with Crippen molar-refractivity contribution < 1.29 is 9.90 Å². The van der Waals surface area contributed by atoms with Gasteiger partial charge in [0, 0.05) is 10.9 Å². The largest absolute Gasteiger partial charge is 0.481 e. The molecule has 3 nitrogen and oxygen atoms in total. The van der Waals surface area contributed by atoms with Gasteiger partial charge in [-0.2, -0.15) is 0 Å². The highest BCUT2D eigenvalue weighted by atomic mass is 79.9. The maximum atomic E-state index is 11.1. The van der Waals surface area contributed by atoms with Crippen LogP contribution in [-0.4, -0.2) is 16.1 Å². The van der Waals surface area contributed by atoms with Gasteiger partial charge in [-0.15, -0.1) is 11.3 Å². The second-order valence-electron chi connectivity index (χ2n) is 4.59. The Morgan fingerprint density at radius 2 is 2.24 bits per heavy atom. The number of carboxylic acids is 1. The number of rotatable bonds is 3. The average molecular weight is 314 g/mol. The van der Waals surface area contributed by atoms with Gasteiger partial charge in [-0.1, -0.05) is 15.9 Å². The molecule has 1 aromatic carbocycles. The molecule has 5 heteroatoms. The number of nitrogens with zero attached hydrogens (tertiary/aromatic N) is 1. The molecule has 0 aliphatic heterocycles. The van der Waals surface area contributed by atoms with Gasteiger partial charge in [-0.05, 0) is 32.0 Å². The van der Waals surface area contributed by atoms with Crippen molar-refractivity contribution in [1.82, 2.24) is 4.98 Å². The van der Waals surface area contributed by atoms with E-state index < -0.39 is 11.4 Å². The summed E-state index contributed by atoms with van der Waals surface area (Å²) in [5.74, 6) is -0.794. The van der Waals surface area contributed by atoms with Gasteiger partial charge in [0.2, 0.25) is 0 Å². The van der Waals surface area contributed by atoms with Gasteiger partial charge >= 0.3 is 5.97 Å². The maximum Gasteiger partial charge on any atom is 0.309 e. The fraction of sp³-hybridized carbons (Fsp3) is 0.333. The van der Waals surface area contributed by atoms with Crippen LogP contribution in [0.3, 0.4) is 0 Å². The van der Waals surface area contributed by atoms with Gasteiger partial charge < -0.3 is 5.11 Å². The van der Waals surface area contributed by atoms with Gasteiger partial charge in [0.1, 0.15) is 0 Å². The number of hydrogen-bond acceptors (Lipinski definition) is 3. The Morgan fingerprint density at radius 1 is 1.53 bits per heavy atom. The Morgan fingerprint density at radius 3 is 2.88 bits per heavy atom. The van der Waals surface area contributed by atoms with Crippen LogP contribution in [0.5, 0.6) is 0 Å². The predicted molar refractivity (Wildman–Crippen MR) is 72.4 cm³/mol. The molecule has 0 saturated heterocycles. The number of carbonyl (C=O) groups is 1. The van der Waals surface area contributed by atoms with Gasteiger partial charge in [-0.25, -0.2) is 4.98 Å². The minimum absolute atomic E-state index is 0.458. The minimum Gasteiger partial charge on any atom is -0.481 e. The molecule has 1 aromatic heterocycles. The van der Waals surface area contributed by atoms with Gasteiger partial charge in [-0.3, -0.25) is 4.79 Å². The quantitative estimate of drug-likeness (QED) is 0.939. The van der Waals surface area contributed by atoms with E-state index in [9.17, 15) is 4.79 Å². The molecule has 0 fully saturated rings. The van der Waals surface area contributed by atoms with Crippen LogP contribution in [0.25, 0.3) is 10.2 Å². The van der Waals surface area contributed by atoms with Crippen LogP contribution in [0.15, 0.2) is 22.7 Å². The van der Waals surface area contributed by atoms with Gasteiger partial charge in [0.05, 0.1) is 20.6 Å². The summed E-state index contributed by atoms with van der Waals surface area (Å²) in [7, 11) is 0. The van der Waals surface area contributed by atoms with E-state index in [0.717, 1.165) is 19.7 Å². The molecule has 0 radical (unpaired) electrons. The second kappa shape index (κ2) is 4.38. The summed E-state index contributed by atoms with van der Waals surface area (Å²) >= 11 is 4.95. The summed E-state index contributed by atoms with van der Waals surface area (Å²) in [4.78, 5) is 15.5. The molecule has 90 valence electrons. The average Bonchev–Trinajstić information content (AvgIpc) is 2.57. The third kappa shape index (κ3) is 2.66. The number of benzene rings is 1. The Bertz CT molecular complexity index is 577. The van der Waals surface area contributed by atoms with Crippen molar-refractivity contribution in [2.45, 2.75) is 20.3 Å². The monoisotopic (exact) mass is 313 g/mol. The Kier molecular flexibility index (Phi) is 3.23. The number of aliphatic carboxylic acids is 1. The van der Waals surface area contributed by atoms with Crippen LogP contribution < -0.4 is 0 Å². The third-order valence-corrected chi connectivity index (χ3v) is 4.10. The molecular weight excluding hydrogens is 302 g/mol. The van der Waals surface area contributed by atoms with Crippen molar-refractivity contribution in [2.75, 3.05) is 0 Å². The summed E-state index contributed by atoms with van der Waals surface area (Å²) in [5.41, 5.74) is 0.144. The molecular formula is C12H12BrNO2S. The van der Waals surface area contributed by atoms with E-state index in [1.807, 2.05) is 18.2 Å². The van der Waals surface area contributed by atoms with Crippen LogP contribution in [0, 0.1) is 5.41 Å². The number of thiazole rings is 1. The summed E-state index contributed by atoms with van der Waals surface area (Å²) in [6.07, 6.45) is 0.458. The molecule has 0 unspecified atom stereocenters. The van der Waals surface area contributed by atoms with Crippen LogP contribution in [-0.2, 0) is 11.2 Å². The lowest BCUT2D eigenvalue weighted by Crippen LogP contribution is -2.26. The molecule has 17 heavy (non-hydrogen) atoms. The van der Waals surface area contributed by atoms with Crippen molar-refractivity contribution in [3.8, 4) is 0 Å². The number of halogens is 1. The van der Waals surface area contributed by atoms with E-state index in [0.29, 0.717) is 6.42 Å². The summed E-state index contributed by atoms with van der Waals surface area (Å²) in [6, 6.07) is 5.91. The van der Waals surface area contributed by atoms with Crippen molar-refractivity contribution in [2.24, 2.45) is 5.41 Å². The fourth-order valence-electron chi connectivity index (χ4n) is 1.48. The maximum absolute atomic E-state index is 11.1.